The number of halogens is 3. The van der Waals surface area contributed by atoms with E-state index in [1.54, 1.807) is 0 Å². The van der Waals surface area contributed by atoms with Crippen molar-refractivity contribution in [3.05, 3.63) is 34.1 Å². The highest BCUT2D eigenvalue weighted by atomic mass is 19.2. The molecule has 0 atom stereocenters. The molecule has 1 aromatic rings. The van der Waals surface area contributed by atoms with Crippen molar-refractivity contribution in [3.8, 4) is 0 Å². The van der Waals surface area contributed by atoms with Gasteiger partial charge >= 0.3 is 0 Å². The van der Waals surface area contributed by atoms with Crippen LogP contribution in [-0.2, 0) is 4.79 Å². The van der Waals surface area contributed by atoms with Crippen molar-refractivity contribution >= 4 is 11.9 Å². The Kier molecular flexibility index (Phi) is 2.30. The topological polar surface area (TPSA) is 29.4 Å². The number of rotatable bonds is 1. The summed E-state index contributed by atoms with van der Waals surface area (Å²) in [5.74, 6) is -4.19. The van der Waals surface area contributed by atoms with Crippen LogP contribution >= 0.6 is 0 Å². The minimum absolute atomic E-state index is 0.000231. The Labute approximate surface area is 82.7 Å². The maximum absolute atomic E-state index is 13.3. The lowest BCUT2D eigenvalue weighted by atomic mass is 10.1. The molecule has 0 saturated heterocycles. The average Bonchev–Trinajstić information content (AvgIpc) is 2.25. The van der Waals surface area contributed by atoms with Crippen LogP contribution < -0.4 is 10.6 Å². The Morgan fingerprint density at radius 3 is 2.67 bits per heavy atom. The van der Waals surface area contributed by atoms with Crippen molar-refractivity contribution in [2.45, 2.75) is 6.42 Å². The van der Waals surface area contributed by atoms with Crippen molar-refractivity contribution in [3.63, 3.8) is 0 Å². The van der Waals surface area contributed by atoms with Gasteiger partial charge in [0.2, 0.25) is 0 Å². The number of nitrogens with zero attached hydrogens (tertiary/aromatic N) is 1. The van der Waals surface area contributed by atoms with E-state index >= 15 is 0 Å². The molecule has 0 aliphatic carbocycles. The normalized spacial score (nSPS) is 14.5. The summed E-state index contributed by atoms with van der Waals surface area (Å²) < 4.78 is 39.1. The number of hydrogen-bond acceptors (Lipinski definition) is 2. The Hall–Kier alpha value is -1.65. The second-order valence-electron chi connectivity index (χ2n) is 3.16. The molecular formula is C10H6F3NO. The monoisotopic (exact) mass is 213 g/mol. The maximum atomic E-state index is 13.3. The van der Waals surface area contributed by atoms with Crippen LogP contribution in [0.5, 0.6) is 0 Å². The SMILES string of the molecule is O=CC1=c2c(F)c(F)c(F)cc2=NCC1. The molecular weight excluding hydrogens is 207 g/mol. The van der Waals surface area contributed by atoms with Crippen LogP contribution in [0.3, 0.4) is 0 Å². The van der Waals surface area contributed by atoms with Gasteiger partial charge in [-0.2, -0.15) is 0 Å². The molecule has 1 aliphatic heterocycles. The third kappa shape index (κ3) is 1.44. The highest BCUT2D eigenvalue weighted by Crippen LogP contribution is 2.07. The van der Waals surface area contributed by atoms with Gasteiger partial charge in [0.25, 0.3) is 0 Å². The van der Waals surface area contributed by atoms with Crippen molar-refractivity contribution in [1.82, 2.24) is 0 Å². The van der Waals surface area contributed by atoms with Crippen LogP contribution in [-0.4, -0.2) is 12.8 Å². The highest BCUT2D eigenvalue weighted by molar-refractivity contribution is 5.98. The quantitative estimate of drug-likeness (QED) is 0.492. The van der Waals surface area contributed by atoms with Crippen molar-refractivity contribution in [2.75, 3.05) is 6.54 Å². The van der Waals surface area contributed by atoms with Crippen LogP contribution in [0.4, 0.5) is 13.2 Å². The van der Waals surface area contributed by atoms with E-state index in [0.29, 0.717) is 6.29 Å². The molecule has 0 spiro atoms. The van der Waals surface area contributed by atoms with Crippen molar-refractivity contribution in [2.24, 2.45) is 4.99 Å². The molecule has 0 fully saturated rings. The van der Waals surface area contributed by atoms with Crippen LogP contribution in [0.2, 0.25) is 0 Å². The van der Waals surface area contributed by atoms with E-state index in [9.17, 15) is 18.0 Å². The summed E-state index contributed by atoms with van der Waals surface area (Å²) in [6.07, 6.45) is 0.701. The zero-order chi connectivity index (χ0) is 11.0. The fourth-order valence-corrected chi connectivity index (χ4v) is 1.55. The van der Waals surface area contributed by atoms with E-state index in [1.807, 2.05) is 0 Å². The first kappa shape index (κ1) is 9.89. The van der Waals surface area contributed by atoms with Gasteiger partial charge in [0.15, 0.2) is 17.5 Å². The van der Waals surface area contributed by atoms with E-state index in [4.69, 9.17) is 0 Å². The summed E-state index contributed by atoms with van der Waals surface area (Å²) in [5.41, 5.74) is 0.122. The largest absolute Gasteiger partial charge is 0.298 e. The van der Waals surface area contributed by atoms with Gasteiger partial charge in [-0.25, -0.2) is 13.2 Å². The van der Waals surface area contributed by atoms with Gasteiger partial charge in [-0.3, -0.25) is 9.79 Å². The van der Waals surface area contributed by atoms with Crippen molar-refractivity contribution in [1.29, 1.82) is 0 Å². The van der Waals surface area contributed by atoms with Gasteiger partial charge in [0, 0.05) is 23.4 Å². The lowest BCUT2D eigenvalue weighted by Crippen LogP contribution is -2.36. The Morgan fingerprint density at radius 1 is 1.27 bits per heavy atom. The summed E-state index contributed by atoms with van der Waals surface area (Å²) in [6, 6.07) is 0.802. The van der Waals surface area contributed by atoms with Crippen LogP contribution in [0, 0.1) is 17.5 Å². The molecule has 1 aromatic carbocycles. The van der Waals surface area contributed by atoms with E-state index in [2.05, 4.69) is 4.99 Å². The third-order valence-corrected chi connectivity index (χ3v) is 2.27. The molecule has 0 N–H and O–H groups in total. The van der Waals surface area contributed by atoms with Gasteiger partial charge in [-0.05, 0) is 6.42 Å². The van der Waals surface area contributed by atoms with Crippen LogP contribution in [0.1, 0.15) is 6.42 Å². The molecule has 0 amide bonds. The molecule has 0 radical (unpaired) electrons. The van der Waals surface area contributed by atoms with E-state index in [1.165, 1.54) is 0 Å². The van der Waals surface area contributed by atoms with Gasteiger partial charge in [-0.15, -0.1) is 0 Å². The number of aldehydes is 1. The van der Waals surface area contributed by atoms with Gasteiger partial charge < -0.3 is 0 Å². The van der Waals surface area contributed by atoms with Crippen LogP contribution in [0.15, 0.2) is 11.1 Å². The average molecular weight is 213 g/mol. The summed E-state index contributed by atoms with van der Waals surface area (Å²) in [6.45, 7) is 0.283. The predicted octanol–water partition coefficient (Wildman–Crippen LogP) is 0.477. The fraction of sp³-hybridized carbons (Fsp3) is 0.200. The predicted molar refractivity (Wildman–Crippen MR) is 46.1 cm³/mol. The lowest BCUT2D eigenvalue weighted by molar-refractivity contribution is -0.103. The number of hydrogen-bond donors (Lipinski definition) is 0. The number of carbonyl (C=O) groups is 1. The van der Waals surface area contributed by atoms with E-state index < -0.39 is 17.5 Å². The molecule has 0 aromatic heterocycles. The van der Waals surface area contributed by atoms with Crippen molar-refractivity contribution < 1.29 is 18.0 Å². The van der Waals surface area contributed by atoms with E-state index in [-0.39, 0.29) is 29.1 Å². The molecule has 78 valence electrons. The molecule has 15 heavy (non-hydrogen) atoms. The molecule has 0 saturated carbocycles. The molecule has 5 heteroatoms. The van der Waals surface area contributed by atoms with E-state index in [0.717, 1.165) is 6.07 Å². The van der Waals surface area contributed by atoms with Gasteiger partial charge in [-0.1, -0.05) is 0 Å². The smallest absolute Gasteiger partial charge is 0.195 e. The maximum Gasteiger partial charge on any atom is 0.195 e. The Balaban J connectivity index is 3.00. The minimum atomic E-state index is -1.56. The van der Waals surface area contributed by atoms with Gasteiger partial charge in [0.05, 0.1) is 5.36 Å². The first-order valence-electron chi connectivity index (χ1n) is 4.31. The lowest BCUT2D eigenvalue weighted by Gasteiger charge is -2.06. The Bertz CT molecular complexity index is 551. The summed E-state index contributed by atoms with van der Waals surface area (Å²) >= 11 is 0. The second-order valence-corrected chi connectivity index (χ2v) is 3.16. The molecule has 0 unspecified atom stereocenters. The highest BCUT2D eigenvalue weighted by Gasteiger charge is 2.16. The number of benzene rings is 1. The zero-order valence-electron chi connectivity index (χ0n) is 7.56. The Morgan fingerprint density at radius 2 is 2.00 bits per heavy atom. The number of fused-ring (bicyclic) bond motifs is 1. The standard InChI is InChI=1S/C10H6F3NO/c11-6-3-7-8(10(13)9(6)12)5(4-15)1-2-14-7/h3-4H,1-2H2. The zero-order valence-corrected chi connectivity index (χ0v) is 7.56. The third-order valence-electron chi connectivity index (χ3n) is 2.27. The molecule has 0 bridgehead atoms. The minimum Gasteiger partial charge on any atom is -0.298 e. The number of carbonyl (C=O) groups excluding carboxylic acids is 1. The summed E-state index contributed by atoms with van der Waals surface area (Å²) in [5, 5.41) is -0.213. The molecule has 2 rings (SSSR count). The summed E-state index contributed by atoms with van der Waals surface area (Å²) in [7, 11) is 0. The van der Waals surface area contributed by atoms with Crippen LogP contribution in [0.25, 0.3) is 5.57 Å². The fourth-order valence-electron chi connectivity index (χ4n) is 1.55. The van der Waals surface area contributed by atoms with Gasteiger partial charge in [0.1, 0.15) is 6.29 Å². The molecule has 1 aliphatic rings. The first-order chi connectivity index (χ1) is 7.15. The first-order valence-corrected chi connectivity index (χ1v) is 4.31. The molecule has 2 nitrogen and oxygen atoms in total. The summed E-state index contributed by atoms with van der Waals surface area (Å²) in [4.78, 5) is 14.4. The second kappa shape index (κ2) is 3.49. The molecule has 1 heterocycles.